The van der Waals surface area contributed by atoms with Crippen molar-refractivity contribution in [2.75, 3.05) is 6.61 Å². The molecule has 0 fully saturated rings. The van der Waals surface area contributed by atoms with Crippen molar-refractivity contribution >= 4 is 5.97 Å². The highest BCUT2D eigenvalue weighted by Gasteiger charge is 2.11. The number of hydrogen-bond acceptors (Lipinski definition) is 3. The predicted molar refractivity (Wildman–Crippen MR) is 70.3 cm³/mol. The molecule has 0 radical (unpaired) electrons. The van der Waals surface area contributed by atoms with E-state index in [1.165, 1.54) is 0 Å². The highest BCUT2D eigenvalue weighted by Crippen LogP contribution is 2.19. The third-order valence-electron chi connectivity index (χ3n) is 2.95. The minimum atomic E-state index is -0.209. The molecule has 0 amide bonds. The minimum Gasteiger partial charge on any atom is -0.466 e. The van der Waals surface area contributed by atoms with Crippen LogP contribution in [-0.2, 0) is 28.8 Å². The highest BCUT2D eigenvalue weighted by atomic mass is 16.5. The van der Waals surface area contributed by atoms with Crippen molar-refractivity contribution in [2.24, 2.45) is 0 Å². The quantitative estimate of drug-likeness (QED) is 0.749. The SMILES string of the molecule is CCOC(=O)Cc1cc(CC)c(C#N)cc1CC. The first-order valence-corrected chi connectivity index (χ1v) is 6.36. The first-order valence-electron chi connectivity index (χ1n) is 6.36. The lowest BCUT2D eigenvalue weighted by Crippen LogP contribution is -2.10. The van der Waals surface area contributed by atoms with Crippen molar-refractivity contribution in [3.8, 4) is 6.07 Å². The molecule has 1 rings (SSSR count). The molecule has 0 bridgehead atoms. The van der Waals surface area contributed by atoms with Crippen molar-refractivity contribution in [2.45, 2.75) is 40.0 Å². The number of carbonyl (C=O) groups excluding carboxylic acids is 1. The van der Waals surface area contributed by atoms with Gasteiger partial charge in [0.15, 0.2) is 0 Å². The molecule has 0 atom stereocenters. The average molecular weight is 245 g/mol. The molecule has 0 heterocycles. The van der Waals surface area contributed by atoms with Gasteiger partial charge in [0, 0.05) is 0 Å². The van der Waals surface area contributed by atoms with E-state index in [0.29, 0.717) is 12.2 Å². The molecule has 0 saturated carbocycles. The van der Waals surface area contributed by atoms with E-state index in [2.05, 4.69) is 6.07 Å². The van der Waals surface area contributed by atoms with Crippen LogP contribution in [0.3, 0.4) is 0 Å². The van der Waals surface area contributed by atoms with Gasteiger partial charge >= 0.3 is 5.97 Å². The Morgan fingerprint density at radius 1 is 1.17 bits per heavy atom. The second kappa shape index (κ2) is 6.80. The van der Waals surface area contributed by atoms with E-state index in [9.17, 15) is 4.79 Å². The van der Waals surface area contributed by atoms with Gasteiger partial charge in [0.05, 0.1) is 24.7 Å². The summed E-state index contributed by atoms with van der Waals surface area (Å²) < 4.78 is 4.97. The van der Waals surface area contributed by atoms with Gasteiger partial charge in [-0.3, -0.25) is 4.79 Å². The molecule has 18 heavy (non-hydrogen) atoms. The fourth-order valence-corrected chi connectivity index (χ4v) is 2.00. The summed E-state index contributed by atoms with van der Waals surface area (Å²) in [4.78, 5) is 11.5. The summed E-state index contributed by atoms with van der Waals surface area (Å²) in [5.41, 5.74) is 3.74. The molecule has 0 spiro atoms. The molecule has 0 unspecified atom stereocenters. The molecular formula is C15H19NO2. The zero-order valence-corrected chi connectivity index (χ0v) is 11.2. The molecule has 0 N–H and O–H groups in total. The fourth-order valence-electron chi connectivity index (χ4n) is 2.00. The normalized spacial score (nSPS) is 9.89. The van der Waals surface area contributed by atoms with Crippen molar-refractivity contribution in [1.82, 2.24) is 0 Å². The zero-order chi connectivity index (χ0) is 13.5. The van der Waals surface area contributed by atoms with Crippen LogP contribution < -0.4 is 0 Å². The Kier molecular flexibility index (Phi) is 5.38. The molecule has 1 aromatic rings. The lowest BCUT2D eigenvalue weighted by atomic mass is 9.94. The van der Waals surface area contributed by atoms with Gasteiger partial charge in [0.25, 0.3) is 0 Å². The van der Waals surface area contributed by atoms with Crippen LogP contribution in [0, 0.1) is 11.3 Å². The van der Waals surface area contributed by atoms with Gasteiger partial charge in [-0.2, -0.15) is 5.26 Å². The average Bonchev–Trinajstić information content (AvgIpc) is 2.38. The third kappa shape index (κ3) is 3.33. The largest absolute Gasteiger partial charge is 0.466 e. The van der Waals surface area contributed by atoms with Crippen molar-refractivity contribution in [1.29, 1.82) is 5.26 Å². The van der Waals surface area contributed by atoms with Crippen LogP contribution in [0.15, 0.2) is 12.1 Å². The fraction of sp³-hybridized carbons (Fsp3) is 0.467. The Labute approximate surface area is 108 Å². The summed E-state index contributed by atoms with van der Waals surface area (Å²) in [6.07, 6.45) is 1.89. The molecular weight excluding hydrogens is 226 g/mol. The summed E-state index contributed by atoms with van der Waals surface area (Å²) in [5, 5.41) is 9.08. The maximum absolute atomic E-state index is 11.5. The number of esters is 1. The summed E-state index contributed by atoms with van der Waals surface area (Å²) in [6.45, 7) is 6.23. The molecule has 0 aliphatic heterocycles. The van der Waals surface area contributed by atoms with Gasteiger partial charge in [0.2, 0.25) is 0 Å². The van der Waals surface area contributed by atoms with E-state index in [4.69, 9.17) is 10.00 Å². The van der Waals surface area contributed by atoms with Gasteiger partial charge in [-0.05, 0) is 42.5 Å². The Hall–Kier alpha value is -1.82. The van der Waals surface area contributed by atoms with Crippen LogP contribution in [-0.4, -0.2) is 12.6 Å². The van der Waals surface area contributed by atoms with Crippen molar-refractivity contribution in [3.05, 3.63) is 34.4 Å². The number of rotatable bonds is 5. The summed E-state index contributed by atoms with van der Waals surface area (Å²) in [6, 6.07) is 6.07. The second-order valence-corrected chi connectivity index (χ2v) is 4.08. The minimum absolute atomic E-state index is 0.209. The monoisotopic (exact) mass is 245 g/mol. The Morgan fingerprint density at radius 3 is 2.33 bits per heavy atom. The zero-order valence-electron chi connectivity index (χ0n) is 11.2. The molecule has 96 valence electrons. The van der Waals surface area contributed by atoms with E-state index >= 15 is 0 Å². The smallest absolute Gasteiger partial charge is 0.310 e. The Balaban J connectivity index is 3.10. The van der Waals surface area contributed by atoms with Gasteiger partial charge in [-0.15, -0.1) is 0 Å². The number of aryl methyl sites for hydroxylation is 2. The van der Waals surface area contributed by atoms with E-state index in [1.807, 2.05) is 26.0 Å². The number of hydrogen-bond donors (Lipinski definition) is 0. The molecule has 0 aliphatic carbocycles. The first-order chi connectivity index (χ1) is 8.65. The number of ether oxygens (including phenoxy) is 1. The second-order valence-electron chi connectivity index (χ2n) is 4.08. The number of nitrogens with zero attached hydrogens (tertiary/aromatic N) is 1. The topological polar surface area (TPSA) is 50.1 Å². The van der Waals surface area contributed by atoms with Gasteiger partial charge in [-0.25, -0.2) is 0 Å². The molecule has 0 aromatic heterocycles. The highest BCUT2D eigenvalue weighted by molar-refractivity contribution is 5.73. The van der Waals surface area contributed by atoms with E-state index in [0.717, 1.165) is 29.5 Å². The number of nitriles is 1. The summed E-state index contributed by atoms with van der Waals surface area (Å²) in [7, 11) is 0. The predicted octanol–water partition coefficient (Wildman–Crippen LogP) is 2.79. The van der Waals surface area contributed by atoms with Gasteiger partial charge in [-0.1, -0.05) is 19.9 Å². The number of benzene rings is 1. The van der Waals surface area contributed by atoms with E-state index in [-0.39, 0.29) is 12.4 Å². The summed E-state index contributed by atoms with van der Waals surface area (Å²) in [5.74, 6) is -0.209. The number of carbonyl (C=O) groups is 1. The maximum atomic E-state index is 11.5. The first kappa shape index (κ1) is 14.2. The van der Waals surface area contributed by atoms with Crippen LogP contribution >= 0.6 is 0 Å². The molecule has 1 aromatic carbocycles. The van der Waals surface area contributed by atoms with Crippen LogP contribution in [0.5, 0.6) is 0 Å². The Bertz CT molecular complexity index is 472. The molecule has 3 heteroatoms. The van der Waals surface area contributed by atoms with Gasteiger partial charge in [0.1, 0.15) is 0 Å². The van der Waals surface area contributed by atoms with E-state index < -0.39 is 0 Å². The summed E-state index contributed by atoms with van der Waals surface area (Å²) >= 11 is 0. The Morgan fingerprint density at radius 2 is 1.83 bits per heavy atom. The van der Waals surface area contributed by atoms with Crippen LogP contribution in [0.25, 0.3) is 0 Å². The standard InChI is InChI=1S/C15H19NO2/c1-4-11-8-14(10-16)12(5-2)7-13(11)9-15(17)18-6-3/h7-8H,4-6,9H2,1-3H3. The lowest BCUT2D eigenvalue weighted by Gasteiger charge is -2.11. The maximum Gasteiger partial charge on any atom is 0.310 e. The van der Waals surface area contributed by atoms with Crippen molar-refractivity contribution in [3.63, 3.8) is 0 Å². The molecule has 3 nitrogen and oxygen atoms in total. The third-order valence-corrected chi connectivity index (χ3v) is 2.95. The lowest BCUT2D eigenvalue weighted by molar-refractivity contribution is -0.142. The van der Waals surface area contributed by atoms with Crippen molar-refractivity contribution < 1.29 is 9.53 Å². The van der Waals surface area contributed by atoms with E-state index in [1.54, 1.807) is 6.92 Å². The van der Waals surface area contributed by atoms with Crippen LogP contribution in [0.1, 0.15) is 43.0 Å². The molecule has 0 saturated heterocycles. The van der Waals surface area contributed by atoms with Crippen LogP contribution in [0.2, 0.25) is 0 Å². The van der Waals surface area contributed by atoms with Gasteiger partial charge < -0.3 is 4.74 Å². The molecule has 0 aliphatic rings. The van der Waals surface area contributed by atoms with Crippen LogP contribution in [0.4, 0.5) is 0 Å².